The molecule has 0 N–H and O–H groups in total. The highest BCUT2D eigenvalue weighted by molar-refractivity contribution is 7.99. The zero-order valence-corrected chi connectivity index (χ0v) is 17.8. The van der Waals surface area contributed by atoms with Gasteiger partial charge in [0.05, 0.1) is 0 Å². The van der Waals surface area contributed by atoms with Gasteiger partial charge < -0.3 is 4.57 Å². The largest absolute Gasteiger partial charge is 0.309 e. The normalized spacial score (nSPS) is 14.0. The molecule has 0 amide bonds. The van der Waals surface area contributed by atoms with Crippen LogP contribution in [0.4, 0.5) is 0 Å². The van der Waals surface area contributed by atoms with Gasteiger partial charge in [0.15, 0.2) is 11.0 Å². The van der Waals surface area contributed by atoms with Crippen LogP contribution in [-0.2, 0) is 19.4 Å². The molecule has 0 saturated carbocycles. The molecule has 1 aromatic carbocycles. The lowest BCUT2D eigenvalue weighted by molar-refractivity contribution is 0.680. The third-order valence-corrected chi connectivity index (χ3v) is 7.31. The molecular weight excluding hydrogens is 398 g/mol. The first-order chi connectivity index (χ1) is 14.3. The van der Waals surface area contributed by atoms with Gasteiger partial charge in [-0.05, 0) is 61.6 Å². The maximum Gasteiger partial charge on any atom is 0.197 e. The Balaban J connectivity index is 1.61. The Bertz CT molecular complexity index is 1180. The molecule has 3 aromatic heterocycles. The Morgan fingerprint density at radius 3 is 2.83 bits per heavy atom. The van der Waals surface area contributed by atoms with Crippen molar-refractivity contribution in [3.63, 3.8) is 0 Å². The molecule has 0 spiro atoms. The van der Waals surface area contributed by atoms with Crippen LogP contribution in [0.25, 0.3) is 22.4 Å². The van der Waals surface area contributed by atoms with Gasteiger partial charge in [-0.3, -0.25) is 0 Å². The molecule has 0 fully saturated rings. The second-order valence-corrected chi connectivity index (χ2v) is 9.06. The van der Waals surface area contributed by atoms with Crippen molar-refractivity contribution in [1.82, 2.24) is 24.7 Å². The summed E-state index contributed by atoms with van der Waals surface area (Å²) in [6, 6.07) is 10.3. The van der Waals surface area contributed by atoms with Crippen LogP contribution in [0.15, 0.2) is 46.8 Å². The van der Waals surface area contributed by atoms with Crippen LogP contribution in [0.3, 0.4) is 0 Å². The van der Waals surface area contributed by atoms with Crippen molar-refractivity contribution in [2.75, 3.05) is 0 Å². The predicted octanol–water partition coefficient (Wildman–Crippen LogP) is 5.50. The highest BCUT2D eigenvalue weighted by atomic mass is 32.2. The van der Waals surface area contributed by atoms with E-state index in [1.54, 1.807) is 18.1 Å². The van der Waals surface area contributed by atoms with Crippen molar-refractivity contribution in [2.24, 2.45) is 0 Å². The van der Waals surface area contributed by atoms with Gasteiger partial charge in [0.25, 0.3) is 0 Å². The molecule has 0 saturated heterocycles. The minimum absolute atomic E-state index is 0.741. The van der Waals surface area contributed by atoms with Gasteiger partial charge in [0.2, 0.25) is 0 Å². The molecule has 146 valence electrons. The first-order valence-electron chi connectivity index (χ1n) is 9.93. The number of rotatable bonds is 5. The third kappa shape index (κ3) is 3.72. The van der Waals surface area contributed by atoms with E-state index >= 15 is 0 Å². The summed E-state index contributed by atoms with van der Waals surface area (Å²) in [5.74, 6) is 0.741. The molecule has 1 aliphatic carbocycles. The number of aryl methyl sites for hydroxylation is 3. The van der Waals surface area contributed by atoms with Gasteiger partial charge in [-0.15, -0.1) is 21.5 Å². The van der Waals surface area contributed by atoms with E-state index in [-0.39, 0.29) is 0 Å². The molecule has 0 radical (unpaired) electrons. The second-order valence-electron chi connectivity index (χ2n) is 7.02. The fourth-order valence-corrected chi connectivity index (χ4v) is 6.00. The Kier molecular flexibility index (Phi) is 5.16. The lowest BCUT2D eigenvalue weighted by atomic mass is 9.97. The number of aromatic nitrogens is 5. The number of fused-ring (bicyclic) bond motifs is 3. The van der Waals surface area contributed by atoms with E-state index < -0.39 is 0 Å². The van der Waals surface area contributed by atoms with Crippen molar-refractivity contribution < 1.29 is 0 Å². The van der Waals surface area contributed by atoms with Crippen LogP contribution in [0.5, 0.6) is 0 Å². The van der Waals surface area contributed by atoms with Crippen LogP contribution in [0, 0.1) is 0 Å². The first-order valence-corrected chi connectivity index (χ1v) is 11.6. The van der Waals surface area contributed by atoms with Crippen LogP contribution < -0.4 is 0 Å². The molecule has 0 unspecified atom stereocenters. The first kappa shape index (κ1) is 18.5. The number of thiophene rings is 1. The summed E-state index contributed by atoms with van der Waals surface area (Å²) < 4.78 is 2.05. The van der Waals surface area contributed by atoms with Crippen molar-refractivity contribution in [3.05, 3.63) is 58.5 Å². The number of benzene rings is 1. The molecule has 3 heterocycles. The molecule has 29 heavy (non-hydrogen) atoms. The molecule has 5 nitrogen and oxygen atoms in total. The van der Waals surface area contributed by atoms with E-state index in [0.29, 0.717) is 0 Å². The fraction of sp³-hybridized carbons (Fsp3) is 0.273. The average Bonchev–Trinajstić information content (AvgIpc) is 3.36. The third-order valence-electron chi connectivity index (χ3n) is 5.13. The van der Waals surface area contributed by atoms with Gasteiger partial charge in [0.1, 0.15) is 16.2 Å². The van der Waals surface area contributed by atoms with E-state index in [4.69, 9.17) is 9.97 Å². The highest BCUT2D eigenvalue weighted by Crippen LogP contribution is 2.41. The van der Waals surface area contributed by atoms with Crippen molar-refractivity contribution in [3.8, 4) is 0 Å². The SMILES string of the molecule is CCn1cnnc1Sc1nc(C=Cc2ccccc2)nc2sc3c(c12)CCCC3. The Morgan fingerprint density at radius 2 is 1.97 bits per heavy atom. The zero-order chi connectivity index (χ0) is 19.6. The zero-order valence-electron chi connectivity index (χ0n) is 16.2. The molecule has 7 heteroatoms. The summed E-state index contributed by atoms with van der Waals surface area (Å²) in [5.41, 5.74) is 2.58. The lowest BCUT2D eigenvalue weighted by Crippen LogP contribution is -2.00. The Labute approximate surface area is 177 Å². The summed E-state index contributed by atoms with van der Waals surface area (Å²) in [4.78, 5) is 12.4. The summed E-state index contributed by atoms with van der Waals surface area (Å²) in [7, 11) is 0. The summed E-state index contributed by atoms with van der Waals surface area (Å²) >= 11 is 3.43. The van der Waals surface area contributed by atoms with Crippen molar-refractivity contribution in [1.29, 1.82) is 0 Å². The van der Waals surface area contributed by atoms with E-state index in [0.717, 1.165) is 45.8 Å². The molecule has 1 aliphatic rings. The van der Waals surface area contributed by atoms with E-state index in [9.17, 15) is 0 Å². The van der Waals surface area contributed by atoms with E-state index in [1.807, 2.05) is 35.6 Å². The summed E-state index contributed by atoms with van der Waals surface area (Å²) in [6.45, 7) is 2.94. The smallest absolute Gasteiger partial charge is 0.197 e. The molecule has 0 aliphatic heterocycles. The maximum absolute atomic E-state index is 4.94. The van der Waals surface area contributed by atoms with Crippen LogP contribution >= 0.6 is 23.1 Å². The van der Waals surface area contributed by atoms with Gasteiger partial charge in [-0.2, -0.15) is 0 Å². The molecule has 4 aromatic rings. The topological polar surface area (TPSA) is 56.5 Å². The van der Waals surface area contributed by atoms with Crippen molar-refractivity contribution in [2.45, 2.75) is 49.3 Å². The monoisotopic (exact) mass is 419 g/mol. The summed E-state index contributed by atoms with van der Waals surface area (Å²) in [6.07, 6.45) is 10.6. The number of hydrogen-bond acceptors (Lipinski definition) is 6. The minimum Gasteiger partial charge on any atom is -0.309 e. The Morgan fingerprint density at radius 1 is 1.10 bits per heavy atom. The molecule has 5 rings (SSSR count). The lowest BCUT2D eigenvalue weighted by Gasteiger charge is -2.11. The summed E-state index contributed by atoms with van der Waals surface area (Å²) in [5, 5.41) is 11.5. The minimum atomic E-state index is 0.741. The van der Waals surface area contributed by atoms with Crippen LogP contribution in [0.1, 0.15) is 41.6 Å². The highest BCUT2D eigenvalue weighted by Gasteiger charge is 2.22. The number of nitrogens with zero attached hydrogens (tertiary/aromatic N) is 5. The number of hydrogen-bond donors (Lipinski definition) is 0. The van der Waals surface area contributed by atoms with Gasteiger partial charge in [-0.25, -0.2) is 9.97 Å². The second kappa shape index (κ2) is 8.08. The van der Waals surface area contributed by atoms with Crippen LogP contribution in [0.2, 0.25) is 0 Å². The van der Waals surface area contributed by atoms with Crippen LogP contribution in [-0.4, -0.2) is 24.7 Å². The molecule has 0 atom stereocenters. The quantitative estimate of drug-likeness (QED) is 0.400. The van der Waals surface area contributed by atoms with Gasteiger partial charge >= 0.3 is 0 Å². The Hall–Kier alpha value is -2.51. The maximum atomic E-state index is 4.94. The van der Waals surface area contributed by atoms with E-state index in [2.05, 4.69) is 39.9 Å². The molecule has 0 bridgehead atoms. The average molecular weight is 420 g/mol. The van der Waals surface area contributed by atoms with Gasteiger partial charge in [0, 0.05) is 16.8 Å². The standard InChI is InChI=1S/C22H21N5S2/c1-2-27-14-23-26-22(27)29-21-19-16-10-6-7-11-17(16)28-20(19)24-18(25-21)13-12-15-8-4-3-5-9-15/h3-5,8-9,12-14H,2,6-7,10-11H2,1H3. The van der Waals surface area contributed by atoms with E-state index in [1.165, 1.54) is 28.7 Å². The van der Waals surface area contributed by atoms with Crippen molar-refractivity contribution >= 4 is 45.5 Å². The fourth-order valence-electron chi connectivity index (χ4n) is 3.65. The molecular formula is C22H21N5S2. The predicted molar refractivity (Wildman–Crippen MR) is 119 cm³/mol. The van der Waals surface area contributed by atoms with Gasteiger partial charge in [-0.1, -0.05) is 36.4 Å².